The molecule has 0 aliphatic heterocycles. The van der Waals surface area contributed by atoms with Crippen LogP contribution in [0.2, 0.25) is 0 Å². The van der Waals surface area contributed by atoms with Crippen LogP contribution in [0.4, 0.5) is 0 Å². The van der Waals surface area contributed by atoms with Gasteiger partial charge in [0.1, 0.15) is 11.4 Å². The normalized spacial score (nSPS) is 42.7. The number of allylic oxidation sites excluding steroid dienone is 1. The predicted molar refractivity (Wildman–Crippen MR) is 108 cm³/mol. The number of hydrogen-bond acceptors (Lipinski definition) is 6. The number of carbonyl (C=O) groups is 4. The fourth-order valence-electron chi connectivity index (χ4n) is 7.21. The maximum absolute atomic E-state index is 13.5. The van der Waals surface area contributed by atoms with Crippen LogP contribution >= 0.6 is 0 Å². The second kappa shape index (κ2) is 7.11. The SMILES string of the molecule is CCC(=O)OCC(=O)[C@]1(O)CCC2C3CCC4=CC(=O)CC[C@]4(C)C3C(=O)C[C@@]21C. The summed E-state index contributed by atoms with van der Waals surface area (Å²) in [4.78, 5) is 49.9. The molecule has 6 nitrogen and oxygen atoms in total. The van der Waals surface area contributed by atoms with Crippen molar-refractivity contribution in [2.24, 2.45) is 28.6 Å². The molecule has 1 N–H and O–H groups in total. The Balaban J connectivity index is 1.63. The van der Waals surface area contributed by atoms with E-state index in [1.165, 1.54) is 0 Å². The molecule has 0 aromatic carbocycles. The minimum atomic E-state index is -1.65. The summed E-state index contributed by atoms with van der Waals surface area (Å²) in [6, 6.07) is 0. The van der Waals surface area contributed by atoms with Crippen LogP contribution in [-0.2, 0) is 23.9 Å². The molecule has 0 radical (unpaired) electrons. The van der Waals surface area contributed by atoms with E-state index in [9.17, 15) is 24.3 Å². The Morgan fingerprint density at radius 2 is 1.90 bits per heavy atom. The first-order chi connectivity index (χ1) is 14.1. The summed E-state index contributed by atoms with van der Waals surface area (Å²) in [7, 11) is 0. The smallest absolute Gasteiger partial charge is 0.305 e. The maximum atomic E-state index is 13.5. The molecule has 4 aliphatic rings. The molecular weight excluding hydrogens is 384 g/mol. The average Bonchev–Trinajstić information content (AvgIpc) is 2.97. The van der Waals surface area contributed by atoms with E-state index in [1.807, 2.05) is 6.92 Å². The summed E-state index contributed by atoms with van der Waals surface area (Å²) in [5, 5.41) is 11.5. The second-order valence-corrected chi connectivity index (χ2v) is 10.2. The van der Waals surface area contributed by atoms with Gasteiger partial charge in [-0.15, -0.1) is 0 Å². The van der Waals surface area contributed by atoms with Crippen molar-refractivity contribution < 1.29 is 29.0 Å². The van der Waals surface area contributed by atoms with E-state index in [2.05, 4.69) is 6.92 Å². The number of Topliss-reactive ketones (excluding diaryl/α,β-unsaturated/α-hetero) is 2. The molecule has 3 unspecified atom stereocenters. The van der Waals surface area contributed by atoms with Crippen LogP contribution in [0, 0.1) is 28.6 Å². The zero-order valence-electron chi connectivity index (χ0n) is 18.2. The lowest BCUT2D eigenvalue weighted by atomic mass is 9.46. The number of rotatable bonds is 4. The van der Waals surface area contributed by atoms with Crippen LogP contribution in [0.15, 0.2) is 11.6 Å². The summed E-state index contributed by atoms with van der Waals surface area (Å²) in [5.74, 6) is -0.710. The Labute approximate surface area is 177 Å². The molecule has 6 heteroatoms. The van der Waals surface area contributed by atoms with Crippen LogP contribution in [0.3, 0.4) is 0 Å². The van der Waals surface area contributed by atoms with Crippen molar-refractivity contribution in [3.63, 3.8) is 0 Å². The predicted octanol–water partition coefficient (Wildman–Crippen LogP) is 2.95. The number of ketones is 3. The van der Waals surface area contributed by atoms with E-state index < -0.39 is 29.4 Å². The first-order valence-corrected chi connectivity index (χ1v) is 11.2. The highest BCUT2D eigenvalue weighted by Gasteiger charge is 2.68. The minimum absolute atomic E-state index is 0.0621. The van der Waals surface area contributed by atoms with E-state index in [-0.39, 0.29) is 47.6 Å². The van der Waals surface area contributed by atoms with Gasteiger partial charge in [0.05, 0.1) is 0 Å². The van der Waals surface area contributed by atoms with E-state index >= 15 is 0 Å². The lowest BCUT2D eigenvalue weighted by Gasteiger charge is -2.57. The molecule has 0 amide bonds. The van der Waals surface area contributed by atoms with Crippen molar-refractivity contribution in [2.75, 3.05) is 6.61 Å². The molecule has 0 saturated heterocycles. The highest BCUT2D eigenvalue weighted by Crippen LogP contribution is 2.66. The lowest BCUT2D eigenvalue weighted by molar-refractivity contribution is -0.173. The van der Waals surface area contributed by atoms with Crippen LogP contribution in [0.5, 0.6) is 0 Å². The Morgan fingerprint density at radius 3 is 2.60 bits per heavy atom. The number of hydrogen-bond donors (Lipinski definition) is 1. The first-order valence-electron chi connectivity index (χ1n) is 11.2. The van der Waals surface area contributed by atoms with Gasteiger partial charge in [-0.2, -0.15) is 0 Å². The van der Waals surface area contributed by atoms with Crippen LogP contribution in [-0.4, -0.2) is 40.6 Å². The monoisotopic (exact) mass is 416 g/mol. The van der Waals surface area contributed by atoms with Gasteiger partial charge in [0, 0.05) is 30.6 Å². The highest BCUT2D eigenvalue weighted by molar-refractivity contribution is 5.95. The Morgan fingerprint density at radius 1 is 1.17 bits per heavy atom. The van der Waals surface area contributed by atoms with Gasteiger partial charge in [-0.05, 0) is 55.4 Å². The first kappa shape index (κ1) is 21.4. The van der Waals surface area contributed by atoms with Gasteiger partial charge in [-0.25, -0.2) is 0 Å². The van der Waals surface area contributed by atoms with Crippen molar-refractivity contribution in [3.8, 4) is 0 Å². The van der Waals surface area contributed by atoms with Gasteiger partial charge in [-0.3, -0.25) is 19.2 Å². The van der Waals surface area contributed by atoms with Gasteiger partial charge >= 0.3 is 5.97 Å². The van der Waals surface area contributed by atoms with Gasteiger partial charge in [0.2, 0.25) is 5.78 Å². The van der Waals surface area contributed by atoms with Crippen LogP contribution in [0.25, 0.3) is 0 Å². The molecule has 0 aromatic heterocycles. The van der Waals surface area contributed by atoms with Crippen LogP contribution < -0.4 is 0 Å². The molecule has 0 heterocycles. The van der Waals surface area contributed by atoms with Crippen molar-refractivity contribution in [2.45, 2.75) is 77.7 Å². The molecule has 3 saturated carbocycles. The summed E-state index contributed by atoms with van der Waals surface area (Å²) < 4.78 is 5.01. The second-order valence-electron chi connectivity index (χ2n) is 10.2. The number of carbonyl (C=O) groups excluding carboxylic acids is 4. The summed E-state index contributed by atoms with van der Waals surface area (Å²) in [6.07, 6.45) is 5.84. The average molecular weight is 417 g/mol. The zero-order valence-corrected chi connectivity index (χ0v) is 18.2. The van der Waals surface area contributed by atoms with Gasteiger partial charge in [-0.1, -0.05) is 26.3 Å². The fraction of sp³-hybridized carbons (Fsp3) is 0.750. The van der Waals surface area contributed by atoms with E-state index in [4.69, 9.17) is 4.74 Å². The highest BCUT2D eigenvalue weighted by atomic mass is 16.5. The van der Waals surface area contributed by atoms with Crippen molar-refractivity contribution >= 4 is 23.3 Å². The third-order valence-electron chi connectivity index (χ3n) is 8.92. The van der Waals surface area contributed by atoms with Crippen LogP contribution in [0.1, 0.15) is 72.1 Å². The Kier molecular flexibility index (Phi) is 5.08. The minimum Gasteiger partial charge on any atom is -0.458 e. The third-order valence-corrected chi connectivity index (χ3v) is 8.92. The largest absolute Gasteiger partial charge is 0.458 e. The third kappa shape index (κ3) is 2.86. The molecule has 0 bridgehead atoms. The number of aliphatic hydroxyl groups is 1. The van der Waals surface area contributed by atoms with Gasteiger partial charge in [0.15, 0.2) is 12.4 Å². The van der Waals surface area contributed by atoms with Gasteiger partial charge in [0.25, 0.3) is 0 Å². The number of esters is 1. The molecule has 30 heavy (non-hydrogen) atoms. The summed E-state index contributed by atoms with van der Waals surface area (Å²) >= 11 is 0. The molecule has 3 fully saturated rings. The standard InChI is InChI=1S/C24H32O6/c1-4-20(28)30-13-19(27)24(29)10-8-17-16-6-5-14-11-15(25)7-9-22(14,2)21(16)18(26)12-23(17,24)3/h11,16-17,21,29H,4-10,12-13H2,1-3H3/t16?,17?,21?,22-,23-,24+/m0/s1. The molecule has 0 spiro atoms. The topological polar surface area (TPSA) is 97.7 Å². The van der Waals surface area contributed by atoms with Gasteiger partial charge < -0.3 is 9.84 Å². The van der Waals surface area contributed by atoms with E-state index in [0.29, 0.717) is 25.7 Å². The number of fused-ring (bicyclic) bond motifs is 5. The molecule has 4 rings (SSSR count). The zero-order chi connectivity index (χ0) is 21.9. The molecular formula is C24H32O6. The van der Waals surface area contributed by atoms with Crippen molar-refractivity contribution in [1.82, 2.24) is 0 Å². The molecule has 4 aliphatic carbocycles. The molecule has 6 atom stereocenters. The Hall–Kier alpha value is -1.82. The number of ether oxygens (including phenoxy) is 1. The summed E-state index contributed by atoms with van der Waals surface area (Å²) in [6.45, 7) is 5.20. The maximum Gasteiger partial charge on any atom is 0.305 e. The van der Waals surface area contributed by atoms with Crippen molar-refractivity contribution in [3.05, 3.63) is 11.6 Å². The lowest BCUT2D eigenvalue weighted by Crippen LogP contribution is -2.61. The molecule has 0 aromatic rings. The molecule has 164 valence electrons. The van der Waals surface area contributed by atoms with E-state index in [1.54, 1.807) is 13.0 Å². The fourth-order valence-corrected chi connectivity index (χ4v) is 7.21. The van der Waals surface area contributed by atoms with E-state index in [0.717, 1.165) is 18.4 Å². The summed E-state index contributed by atoms with van der Waals surface area (Å²) in [5.41, 5.74) is -1.68. The quantitative estimate of drug-likeness (QED) is 0.708. The Bertz CT molecular complexity index is 843. The van der Waals surface area contributed by atoms with Crippen molar-refractivity contribution in [1.29, 1.82) is 0 Å².